The zero-order valence-electron chi connectivity index (χ0n) is 14.2. The molecule has 6 heteroatoms. The van der Waals surface area contributed by atoms with Crippen molar-refractivity contribution < 1.29 is 0 Å². The molecule has 4 rings (SSSR count). The van der Waals surface area contributed by atoms with Crippen LogP contribution in [0, 0.1) is 18.3 Å². The van der Waals surface area contributed by atoms with Gasteiger partial charge in [-0.15, -0.1) is 10.2 Å². The Kier molecular flexibility index (Phi) is 4.04. The standard InChI is InChI=1S/C20H16N6/c1-14-5-6-18-17(9-14)20(19(11-21)25-24-18)23-16-4-2-3-15(10-16)12-26-8-7-22-13-26/h2-10,13H,12H2,1H3,(H,23,24). The van der Waals surface area contributed by atoms with Crippen LogP contribution in [0.4, 0.5) is 11.4 Å². The molecule has 0 saturated heterocycles. The normalized spacial score (nSPS) is 10.6. The highest BCUT2D eigenvalue weighted by Crippen LogP contribution is 2.28. The number of rotatable bonds is 4. The second-order valence-electron chi connectivity index (χ2n) is 6.12. The van der Waals surface area contributed by atoms with E-state index in [2.05, 4.69) is 38.7 Å². The van der Waals surface area contributed by atoms with Gasteiger partial charge >= 0.3 is 0 Å². The van der Waals surface area contributed by atoms with Crippen LogP contribution < -0.4 is 5.32 Å². The van der Waals surface area contributed by atoms with Gasteiger partial charge in [0.05, 0.1) is 17.5 Å². The first kappa shape index (κ1) is 15.8. The third kappa shape index (κ3) is 3.10. The third-order valence-electron chi connectivity index (χ3n) is 4.14. The fraction of sp³-hybridized carbons (Fsp3) is 0.100. The molecule has 0 aliphatic rings. The summed E-state index contributed by atoms with van der Waals surface area (Å²) in [6.07, 6.45) is 5.48. The van der Waals surface area contributed by atoms with Crippen LogP contribution in [0.15, 0.2) is 61.2 Å². The number of nitriles is 1. The molecule has 0 fully saturated rings. The number of nitrogens with one attached hydrogen (secondary N) is 1. The maximum atomic E-state index is 9.45. The van der Waals surface area contributed by atoms with E-state index in [1.54, 1.807) is 12.5 Å². The van der Waals surface area contributed by atoms with Gasteiger partial charge in [0.1, 0.15) is 6.07 Å². The van der Waals surface area contributed by atoms with Crippen LogP contribution in [0.5, 0.6) is 0 Å². The Morgan fingerprint density at radius 2 is 2.08 bits per heavy atom. The van der Waals surface area contributed by atoms with E-state index in [1.165, 1.54) is 0 Å². The van der Waals surface area contributed by atoms with E-state index in [0.29, 0.717) is 5.69 Å². The van der Waals surface area contributed by atoms with E-state index in [-0.39, 0.29) is 5.69 Å². The number of benzene rings is 2. The van der Waals surface area contributed by atoms with Crippen molar-refractivity contribution in [3.05, 3.63) is 78.0 Å². The lowest BCUT2D eigenvalue weighted by atomic mass is 10.1. The second-order valence-corrected chi connectivity index (χ2v) is 6.12. The minimum Gasteiger partial charge on any atom is -0.353 e. The van der Waals surface area contributed by atoms with Gasteiger partial charge in [0, 0.05) is 30.0 Å². The first-order valence-electron chi connectivity index (χ1n) is 8.22. The molecule has 1 N–H and O–H groups in total. The molecule has 126 valence electrons. The number of anilines is 2. The highest BCUT2D eigenvalue weighted by atomic mass is 15.1. The van der Waals surface area contributed by atoms with Gasteiger partial charge in [0.25, 0.3) is 0 Å². The second kappa shape index (κ2) is 6.65. The fourth-order valence-corrected chi connectivity index (χ4v) is 2.91. The molecule has 0 radical (unpaired) electrons. The third-order valence-corrected chi connectivity index (χ3v) is 4.14. The molecule has 0 amide bonds. The van der Waals surface area contributed by atoms with Crippen LogP contribution in [-0.2, 0) is 6.54 Å². The summed E-state index contributed by atoms with van der Waals surface area (Å²) in [7, 11) is 0. The van der Waals surface area contributed by atoms with Crippen LogP contribution in [0.2, 0.25) is 0 Å². The minimum absolute atomic E-state index is 0.281. The average molecular weight is 340 g/mol. The molecule has 6 nitrogen and oxygen atoms in total. The molecule has 4 aromatic rings. The topological polar surface area (TPSA) is 79.4 Å². The Labute approximate surface area is 150 Å². The van der Waals surface area contributed by atoms with Crippen molar-refractivity contribution in [2.45, 2.75) is 13.5 Å². The Bertz CT molecular complexity index is 1110. The smallest absolute Gasteiger partial charge is 0.187 e. The molecule has 26 heavy (non-hydrogen) atoms. The summed E-state index contributed by atoms with van der Waals surface area (Å²) in [4.78, 5) is 4.07. The Morgan fingerprint density at radius 1 is 1.15 bits per heavy atom. The first-order valence-corrected chi connectivity index (χ1v) is 8.22. The quantitative estimate of drug-likeness (QED) is 0.611. The van der Waals surface area contributed by atoms with Gasteiger partial charge in [-0.1, -0.05) is 23.8 Å². The molecular weight excluding hydrogens is 324 g/mol. The summed E-state index contributed by atoms with van der Waals surface area (Å²) in [5, 5.41) is 21.9. The molecule has 0 spiro atoms. The average Bonchev–Trinajstić information content (AvgIpc) is 3.15. The summed E-state index contributed by atoms with van der Waals surface area (Å²) in [5.41, 5.74) is 4.85. The van der Waals surface area contributed by atoms with Crippen LogP contribution >= 0.6 is 0 Å². The number of aryl methyl sites for hydroxylation is 1. The first-order chi connectivity index (χ1) is 12.7. The predicted molar refractivity (Wildman–Crippen MR) is 100 cm³/mol. The van der Waals surface area contributed by atoms with Gasteiger partial charge in [-0.25, -0.2) is 4.98 Å². The monoisotopic (exact) mass is 340 g/mol. The number of nitrogens with zero attached hydrogens (tertiary/aromatic N) is 5. The zero-order valence-corrected chi connectivity index (χ0v) is 14.2. The van der Waals surface area contributed by atoms with Gasteiger partial charge in [0.2, 0.25) is 0 Å². The van der Waals surface area contributed by atoms with Gasteiger partial charge in [-0.2, -0.15) is 5.26 Å². The number of aromatic nitrogens is 4. The van der Waals surface area contributed by atoms with Gasteiger partial charge in [-0.05, 0) is 36.8 Å². The maximum Gasteiger partial charge on any atom is 0.187 e. The molecule has 0 bridgehead atoms. The summed E-state index contributed by atoms with van der Waals surface area (Å²) in [5.74, 6) is 0. The van der Waals surface area contributed by atoms with Crippen molar-refractivity contribution in [3.8, 4) is 6.07 Å². The Balaban J connectivity index is 1.73. The highest BCUT2D eigenvalue weighted by Gasteiger charge is 2.11. The molecule has 0 aliphatic heterocycles. The van der Waals surface area contributed by atoms with Crippen molar-refractivity contribution in [2.24, 2.45) is 0 Å². The lowest BCUT2D eigenvalue weighted by Crippen LogP contribution is -2.01. The van der Waals surface area contributed by atoms with E-state index in [4.69, 9.17) is 0 Å². The van der Waals surface area contributed by atoms with Crippen LogP contribution in [0.25, 0.3) is 10.9 Å². The lowest BCUT2D eigenvalue weighted by molar-refractivity contribution is 0.798. The SMILES string of the molecule is Cc1ccc2nnc(C#N)c(Nc3cccc(Cn4ccnc4)c3)c2c1. The molecule has 0 unspecified atom stereocenters. The van der Waals surface area contributed by atoms with Gasteiger partial charge in [-0.3, -0.25) is 0 Å². The number of hydrogen-bond donors (Lipinski definition) is 1. The predicted octanol–water partition coefficient (Wildman–Crippen LogP) is 3.80. The molecule has 2 heterocycles. The molecule has 2 aromatic carbocycles. The highest BCUT2D eigenvalue weighted by molar-refractivity contribution is 5.95. The maximum absolute atomic E-state index is 9.45. The van der Waals surface area contributed by atoms with E-state index >= 15 is 0 Å². The Morgan fingerprint density at radius 3 is 2.88 bits per heavy atom. The van der Waals surface area contributed by atoms with E-state index in [0.717, 1.165) is 34.3 Å². The van der Waals surface area contributed by atoms with E-state index in [9.17, 15) is 5.26 Å². The summed E-state index contributed by atoms with van der Waals surface area (Å²) in [6, 6.07) is 16.1. The van der Waals surface area contributed by atoms with Crippen LogP contribution in [-0.4, -0.2) is 19.7 Å². The van der Waals surface area contributed by atoms with Crippen molar-refractivity contribution >= 4 is 22.3 Å². The van der Waals surface area contributed by atoms with E-state index in [1.807, 2.05) is 48.0 Å². The molecule has 0 atom stereocenters. The summed E-state index contributed by atoms with van der Waals surface area (Å²) < 4.78 is 2.01. The summed E-state index contributed by atoms with van der Waals surface area (Å²) >= 11 is 0. The zero-order chi connectivity index (χ0) is 17.9. The molecule has 0 saturated carbocycles. The van der Waals surface area contributed by atoms with Gasteiger partial charge < -0.3 is 9.88 Å². The number of fused-ring (bicyclic) bond motifs is 1. The van der Waals surface area contributed by atoms with Gasteiger partial charge in [0.15, 0.2) is 5.69 Å². The molecular formula is C20H16N6. The molecule has 2 aromatic heterocycles. The minimum atomic E-state index is 0.281. The van der Waals surface area contributed by atoms with E-state index < -0.39 is 0 Å². The van der Waals surface area contributed by atoms with Crippen molar-refractivity contribution in [1.29, 1.82) is 5.26 Å². The fourth-order valence-electron chi connectivity index (χ4n) is 2.91. The lowest BCUT2D eigenvalue weighted by Gasteiger charge is -2.12. The molecule has 0 aliphatic carbocycles. The van der Waals surface area contributed by atoms with Crippen molar-refractivity contribution in [2.75, 3.05) is 5.32 Å². The van der Waals surface area contributed by atoms with Crippen molar-refractivity contribution in [1.82, 2.24) is 19.7 Å². The number of hydrogen-bond acceptors (Lipinski definition) is 5. The number of imidazole rings is 1. The van der Waals surface area contributed by atoms with Crippen LogP contribution in [0.3, 0.4) is 0 Å². The van der Waals surface area contributed by atoms with Crippen LogP contribution in [0.1, 0.15) is 16.8 Å². The summed E-state index contributed by atoms with van der Waals surface area (Å²) in [6.45, 7) is 2.75. The Hall–Kier alpha value is -3.72. The van der Waals surface area contributed by atoms with Crippen molar-refractivity contribution in [3.63, 3.8) is 0 Å². The largest absolute Gasteiger partial charge is 0.353 e.